The van der Waals surface area contributed by atoms with Gasteiger partial charge in [-0.25, -0.2) is 0 Å². The van der Waals surface area contributed by atoms with Gasteiger partial charge in [-0.15, -0.1) is 0 Å². The van der Waals surface area contributed by atoms with Crippen molar-refractivity contribution in [3.8, 4) is 0 Å². The molecule has 0 saturated carbocycles. The summed E-state index contributed by atoms with van der Waals surface area (Å²) < 4.78 is 5.62. The monoisotopic (exact) mass is 269 g/mol. The van der Waals surface area contributed by atoms with E-state index < -0.39 is 6.10 Å². The van der Waals surface area contributed by atoms with E-state index in [-0.39, 0.29) is 0 Å². The summed E-state index contributed by atoms with van der Waals surface area (Å²) in [7, 11) is 2.02. The van der Waals surface area contributed by atoms with Crippen molar-refractivity contribution >= 4 is 17.3 Å². The van der Waals surface area contributed by atoms with Crippen LogP contribution in [0.3, 0.4) is 0 Å². The minimum atomic E-state index is -0.486. The second-order valence-corrected chi connectivity index (χ2v) is 5.31. The van der Waals surface area contributed by atoms with Crippen LogP contribution in [0.15, 0.2) is 18.2 Å². The molecule has 1 heterocycles. The van der Waals surface area contributed by atoms with E-state index in [4.69, 9.17) is 16.3 Å². The standard InChI is InChI=1S/C14H20ClNO2/c1-10(17)11-5-6-14(13(15)8-11)16(2)9-12-4-3-7-18-12/h5-6,8,10,12,17H,3-4,7,9H2,1-2H3/t10-,12?/m1/s1. The fourth-order valence-electron chi connectivity index (χ4n) is 2.28. The summed E-state index contributed by atoms with van der Waals surface area (Å²) in [6.07, 6.45) is 2.09. The molecule has 0 radical (unpaired) electrons. The number of aliphatic hydroxyl groups is 1. The second kappa shape index (κ2) is 5.91. The van der Waals surface area contributed by atoms with Crippen molar-refractivity contribution < 1.29 is 9.84 Å². The maximum absolute atomic E-state index is 9.52. The molecule has 4 heteroatoms. The van der Waals surface area contributed by atoms with E-state index in [1.165, 1.54) is 0 Å². The minimum Gasteiger partial charge on any atom is -0.389 e. The zero-order valence-corrected chi connectivity index (χ0v) is 11.7. The van der Waals surface area contributed by atoms with E-state index in [2.05, 4.69) is 4.90 Å². The molecule has 100 valence electrons. The number of nitrogens with zero attached hydrogens (tertiary/aromatic N) is 1. The van der Waals surface area contributed by atoms with Gasteiger partial charge >= 0.3 is 0 Å². The molecular weight excluding hydrogens is 250 g/mol. The average Bonchev–Trinajstić information content (AvgIpc) is 2.81. The van der Waals surface area contributed by atoms with Gasteiger partial charge in [-0.05, 0) is 37.5 Å². The molecule has 18 heavy (non-hydrogen) atoms. The molecule has 2 atom stereocenters. The number of halogens is 1. The Kier molecular flexibility index (Phi) is 4.49. The van der Waals surface area contributed by atoms with E-state index in [9.17, 15) is 5.11 Å². The Morgan fingerprint density at radius 1 is 1.56 bits per heavy atom. The lowest BCUT2D eigenvalue weighted by atomic mass is 10.1. The molecule has 0 bridgehead atoms. The Hall–Kier alpha value is -0.770. The summed E-state index contributed by atoms with van der Waals surface area (Å²) in [6, 6.07) is 5.70. The van der Waals surface area contributed by atoms with Gasteiger partial charge in [0.25, 0.3) is 0 Å². The van der Waals surface area contributed by atoms with Crippen molar-refractivity contribution in [2.75, 3.05) is 25.1 Å². The number of anilines is 1. The van der Waals surface area contributed by atoms with Crippen molar-refractivity contribution in [1.82, 2.24) is 0 Å². The van der Waals surface area contributed by atoms with Gasteiger partial charge in [0.15, 0.2) is 0 Å². The smallest absolute Gasteiger partial charge is 0.0762 e. The van der Waals surface area contributed by atoms with E-state index >= 15 is 0 Å². The van der Waals surface area contributed by atoms with Crippen molar-refractivity contribution in [3.05, 3.63) is 28.8 Å². The molecule has 2 rings (SSSR count). The van der Waals surface area contributed by atoms with Crippen LogP contribution in [0.25, 0.3) is 0 Å². The van der Waals surface area contributed by atoms with E-state index in [1.807, 2.05) is 25.2 Å². The quantitative estimate of drug-likeness (QED) is 0.912. The summed E-state index contributed by atoms with van der Waals surface area (Å²) >= 11 is 6.26. The molecule has 1 fully saturated rings. The SMILES string of the molecule is C[C@@H](O)c1ccc(N(C)CC2CCCO2)c(Cl)c1. The van der Waals surface area contributed by atoms with Gasteiger partial charge in [-0.2, -0.15) is 0 Å². The summed E-state index contributed by atoms with van der Waals surface area (Å²) in [5.41, 5.74) is 1.82. The van der Waals surface area contributed by atoms with Crippen LogP contribution >= 0.6 is 11.6 Å². The highest BCUT2D eigenvalue weighted by atomic mass is 35.5. The molecule has 0 spiro atoms. The fourth-order valence-corrected chi connectivity index (χ4v) is 2.62. The van der Waals surface area contributed by atoms with Crippen LogP contribution in [0.1, 0.15) is 31.4 Å². The van der Waals surface area contributed by atoms with Crippen LogP contribution in [0.5, 0.6) is 0 Å². The van der Waals surface area contributed by atoms with Crippen LogP contribution in [0.2, 0.25) is 5.02 Å². The van der Waals surface area contributed by atoms with Gasteiger partial charge in [0, 0.05) is 20.2 Å². The predicted molar refractivity (Wildman–Crippen MR) is 74.3 cm³/mol. The summed E-state index contributed by atoms with van der Waals surface area (Å²) in [6.45, 7) is 3.46. The third kappa shape index (κ3) is 3.16. The fraction of sp³-hybridized carbons (Fsp3) is 0.571. The normalized spacial score (nSPS) is 21.0. The van der Waals surface area contributed by atoms with Crippen molar-refractivity contribution in [1.29, 1.82) is 0 Å². The van der Waals surface area contributed by atoms with E-state index in [0.29, 0.717) is 11.1 Å². The number of likely N-dealkylation sites (N-methyl/N-ethyl adjacent to an activating group) is 1. The Balaban J connectivity index is 2.07. The molecular formula is C14H20ClNO2. The summed E-state index contributed by atoms with van der Waals surface area (Å²) in [5.74, 6) is 0. The van der Waals surface area contributed by atoms with Gasteiger partial charge in [0.1, 0.15) is 0 Å². The highest BCUT2D eigenvalue weighted by Gasteiger charge is 2.18. The summed E-state index contributed by atoms with van der Waals surface area (Å²) in [5, 5.41) is 10.2. The Morgan fingerprint density at radius 3 is 2.89 bits per heavy atom. The number of aliphatic hydroxyl groups excluding tert-OH is 1. The first-order chi connectivity index (χ1) is 8.58. The zero-order chi connectivity index (χ0) is 13.1. The largest absolute Gasteiger partial charge is 0.389 e. The van der Waals surface area contributed by atoms with Gasteiger partial charge in [-0.3, -0.25) is 0 Å². The molecule has 3 nitrogen and oxygen atoms in total. The van der Waals surface area contributed by atoms with E-state index in [1.54, 1.807) is 6.92 Å². The lowest BCUT2D eigenvalue weighted by Crippen LogP contribution is -2.28. The van der Waals surface area contributed by atoms with Crippen molar-refractivity contribution in [2.24, 2.45) is 0 Å². The molecule has 1 aromatic carbocycles. The average molecular weight is 270 g/mol. The van der Waals surface area contributed by atoms with Gasteiger partial charge < -0.3 is 14.7 Å². The molecule has 0 aromatic heterocycles. The van der Waals surface area contributed by atoms with Gasteiger partial charge in [-0.1, -0.05) is 17.7 Å². The van der Waals surface area contributed by atoms with Gasteiger partial charge in [0.2, 0.25) is 0 Å². The van der Waals surface area contributed by atoms with Crippen molar-refractivity contribution in [3.63, 3.8) is 0 Å². The third-order valence-corrected chi connectivity index (χ3v) is 3.67. The minimum absolute atomic E-state index is 0.308. The number of rotatable bonds is 4. The van der Waals surface area contributed by atoms with Crippen LogP contribution in [0, 0.1) is 0 Å². The Labute approximate surface area is 113 Å². The first-order valence-electron chi connectivity index (χ1n) is 6.38. The Morgan fingerprint density at radius 2 is 2.33 bits per heavy atom. The number of hydrogen-bond acceptors (Lipinski definition) is 3. The zero-order valence-electron chi connectivity index (χ0n) is 10.9. The summed E-state index contributed by atoms with van der Waals surface area (Å²) in [4.78, 5) is 2.12. The van der Waals surface area contributed by atoms with Crippen LogP contribution in [-0.2, 0) is 4.74 Å². The third-order valence-electron chi connectivity index (χ3n) is 3.37. The lowest BCUT2D eigenvalue weighted by molar-refractivity contribution is 0.116. The molecule has 1 aliphatic rings. The number of benzene rings is 1. The van der Waals surface area contributed by atoms with Crippen LogP contribution < -0.4 is 4.90 Å². The van der Waals surface area contributed by atoms with E-state index in [0.717, 1.165) is 37.2 Å². The number of ether oxygens (including phenoxy) is 1. The lowest BCUT2D eigenvalue weighted by Gasteiger charge is -2.24. The maximum Gasteiger partial charge on any atom is 0.0762 e. The second-order valence-electron chi connectivity index (χ2n) is 4.90. The number of hydrogen-bond donors (Lipinski definition) is 1. The van der Waals surface area contributed by atoms with Gasteiger partial charge in [0.05, 0.1) is 22.9 Å². The highest BCUT2D eigenvalue weighted by molar-refractivity contribution is 6.33. The molecule has 1 aromatic rings. The molecule has 1 saturated heterocycles. The first kappa shape index (κ1) is 13.7. The molecule has 0 aliphatic carbocycles. The molecule has 1 N–H and O–H groups in total. The van der Waals surface area contributed by atoms with Crippen molar-refractivity contribution in [2.45, 2.75) is 32.0 Å². The van der Waals surface area contributed by atoms with Crippen LogP contribution in [-0.4, -0.2) is 31.4 Å². The van der Waals surface area contributed by atoms with Crippen LogP contribution in [0.4, 0.5) is 5.69 Å². The molecule has 1 aliphatic heterocycles. The predicted octanol–water partition coefficient (Wildman–Crippen LogP) is 3.01. The topological polar surface area (TPSA) is 32.7 Å². The maximum atomic E-state index is 9.52. The highest BCUT2D eigenvalue weighted by Crippen LogP contribution is 2.29. The molecule has 1 unspecified atom stereocenters. The Bertz CT molecular complexity index is 403. The first-order valence-corrected chi connectivity index (χ1v) is 6.76. The molecule has 0 amide bonds.